The summed E-state index contributed by atoms with van der Waals surface area (Å²) in [6, 6.07) is 0. The molecule has 0 saturated heterocycles. The van der Waals surface area contributed by atoms with Gasteiger partial charge in [-0.25, -0.2) is 9.13 Å². The summed E-state index contributed by atoms with van der Waals surface area (Å²) >= 11 is 0. The van der Waals surface area contributed by atoms with Gasteiger partial charge in [-0.1, -0.05) is 308 Å². The second-order valence-electron chi connectivity index (χ2n) is 27.0. The van der Waals surface area contributed by atoms with E-state index >= 15 is 0 Å². The van der Waals surface area contributed by atoms with Crippen LogP contribution in [0.3, 0.4) is 0 Å². The third-order valence-corrected chi connectivity index (χ3v) is 18.7. The zero-order valence-electron chi connectivity index (χ0n) is 66.3. The van der Waals surface area contributed by atoms with Crippen molar-refractivity contribution in [3.8, 4) is 0 Å². The largest absolute Gasteiger partial charge is 0.472 e. The van der Waals surface area contributed by atoms with Crippen LogP contribution in [0.5, 0.6) is 0 Å². The number of allylic oxidation sites excluding steroid dienone is 24. The highest BCUT2D eigenvalue weighted by molar-refractivity contribution is 7.47. The van der Waals surface area contributed by atoms with E-state index in [-0.39, 0.29) is 25.7 Å². The Hall–Kier alpha value is -5.06. The van der Waals surface area contributed by atoms with Crippen molar-refractivity contribution >= 4 is 39.5 Å². The summed E-state index contributed by atoms with van der Waals surface area (Å²) in [7, 11) is -10.0. The lowest BCUT2D eigenvalue weighted by Gasteiger charge is -2.21. The molecule has 0 saturated carbocycles. The molecule has 0 aliphatic rings. The van der Waals surface area contributed by atoms with Crippen LogP contribution in [0.15, 0.2) is 146 Å². The molecule has 0 aromatic heterocycles. The van der Waals surface area contributed by atoms with Crippen LogP contribution in [0.4, 0.5) is 0 Å². The zero-order chi connectivity index (χ0) is 77.4. The highest BCUT2D eigenvalue weighted by atomic mass is 31.2. The van der Waals surface area contributed by atoms with Crippen LogP contribution in [0.2, 0.25) is 0 Å². The molecule has 106 heavy (non-hydrogen) atoms. The molecule has 0 aromatic carbocycles. The SMILES string of the molecule is CCCCC/C=C\C/C=C\C/C=C\C/C=C\C/C=C\CCC(=O)O[C@H](COC(=O)CCCCCCC/C=C\C/C=C\CCCCC)COP(=O)(O)OC[C@@H](O)COP(=O)(O)OC[C@@H](COC(=O)CCCCCCCCCCCCCCC)OC(=O)CC/C=C\C/C=C\C/C=C\C/C=C\C/C=C\CCCCC. The molecule has 606 valence electrons. The summed E-state index contributed by atoms with van der Waals surface area (Å²) in [5, 5.41) is 10.6. The molecule has 0 rings (SSSR count). The monoisotopic (exact) mass is 1530 g/mol. The first kappa shape index (κ1) is 101. The minimum absolute atomic E-state index is 0.0324. The average molecular weight is 1530 g/mol. The lowest BCUT2D eigenvalue weighted by atomic mass is 10.0. The standard InChI is InChI=1S/C87H146O17P2/c1-5-9-13-17-21-25-29-33-36-38-40-42-45-49-53-57-61-65-69-73-86(91)103-82(77-97-84(89)71-67-63-59-55-51-47-32-28-24-20-16-12-8-4)79-101-105(93,94)99-75-81(88)76-100-106(95,96)102-80-83(78-98-85(90)72-68-64-60-56-52-48-44-35-31-27-23-19-15-11-7-3)104-87(92)74-70-66-62-58-54-50-46-43-41-39-37-34-30-26-22-18-14-10-6-2/h21-23,25-27,33-37,40-44,49-50,53-54,61-62,65-66,81-83,88H,5-20,24,28-32,38-39,45-48,51-52,55-60,63-64,67-80H2,1-4H3,(H,93,94)(H,95,96)/b25-21-,26-22-,27-23-,36-33-,37-34-,42-40-,43-41-,44-35-,53-49-,54-50-,65-61-,66-62-/t81-,82+,83+/m0/s1. The Labute approximate surface area is 643 Å². The average Bonchev–Trinajstić information content (AvgIpc) is 1.23. The predicted octanol–water partition coefficient (Wildman–Crippen LogP) is 24.2. The van der Waals surface area contributed by atoms with Crippen LogP contribution in [0, 0.1) is 0 Å². The fourth-order valence-corrected chi connectivity index (χ4v) is 12.1. The highest BCUT2D eigenvalue weighted by Crippen LogP contribution is 2.45. The molecule has 0 fully saturated rings. The van der Waals surface area contributed by atoms with E-state index in [1.807, 2.05) is 36.5 Å². The number of aliphatic hydroxyl groups is 1. The second-order valence-corrected chi connectivity index (χ2v) is 29.9. The van der Waals surface area contributed by atoms with E-state index in [0.717, 1.165) is 122 Å². The van der Waals surface area contributed by atoms with Crippen LogP contribution in [-0.2, 0) is 65.4 Å². The minimum atomic E-state index is -5.01. The number of unbranched alkanes of at least 4 members (excludes halogenated alkanes) is 26. The Morgan fingerprint density at radius 1 is 0.264 bits per heavy atom. The number of aliphatic hydroxyl groups excluding tert-OH is 1. The summed E-state index contributed by atoms with van der Waals surface area (Å²) < 4.78 is 68.5. The number of hydrogen-bond donors (Lipinski definition) is 3. The Balaban J connectivity index is 5.51. The summed E-state index contributed by atoms with van der Waals surface area (Å²) in [6.45, 7) is 4.62. The van der Waals surface area contributed by atoms with Gasteiger partial charge in [0.25, 0.3) is 0 Å². The molecule has 5 atom stereocenters. The van der Waals surface area contributed by atoms with E-state index < -0.39 is 97.5 Å². The van der Waals surface area contributed by atoms with Crippen LogP contribution >= 0.6 is 15.6 Å². The van der Waals surface area contributed by atoms with Crippen LogP contribution in [-0.4, -0.2) is 96.7 Å². The fraction of sp³-hybridized carbons (Fsp3) is 0.678. The van der Waals surface area contributed by atoms with Crippen LogP contribution in [0.1, 0.15) is 323 Å². The molecule has 0 amide bonds. The first-order chi connectivity index (χ1) is 51.7. The molecule has 0 radical (unpaired) electrons. The molecular weight excluding hydrogens is 1380 g/mol. The van der Waals surface area contributed by atoms with Gasteiger partial charge in [0.05, 0.1) is 26.4 Å². The van der Waals surface area contributed by atoms with Gasteiger partial charge in [0.15, 0.2) is 12.2 Å². The van der Waals surface area contributed by atoms with Crippen molar-refractivity contribution in [3.63, 3.8) is 0 Å². The van der Waals surface area contributed by atoms with E-state index in [2.05, 4.69) is 137 Å². The normalized spacial score (nSPS) is 14.6. The van der Waals surface area contributed by atoms with Gasteiger partial charge in [-0.05, 0) is 135 Å². The number of phosphoric acid groups is 2. The van der Waals surface area contributed by atoms with Gasteiger partial charge in [0.2, 0.25) is 0 Å². The molecule has 17 nitrogen and oxygen atoms in total. The van der Waals surface area contributed by atoms with Crippen molar-refractivity contribution in [2.75, 3.05) is 39.6 Å². The van der Waals surface area contributed by atoms with Crippen molar-refractivity contribution in [2.45, 2.75) is 341 Å². The zero-order valence-corrected chi connectivity index (χ0v) is 68.1. The lowest BCUT2D eigenvalue weighted by molar-refractivity contribution is -0.161. The molecule has 0 aromatic rings. The van der Waals surface area contributed by atoms with Gasteiger partial charge in [-0.2, -0.15) is 0 Å². The number of ether oxygens (including phenoxy) is 4. The Bertz CT molecular complexity index is 2580. The number of rotatable bonds is 76. The van der Waals surface area contributed by atoms with E-state index in [0.29, 0.717) is 38.5 Å². The molecule has 0 aliphatic heterocycles. The number of esters is 4. The number of carbonyl (C=O) groups is 4. The van der Waals surface area contributed by atoms with Gasteiger partial charge in [-0.15, -0.1) is 0 Å². The smallest absolute Gasteiger partial charge is 0.462 e. The van der Waals surface area contributed by atoms with Crippen molar-refractivity contribution in [1.29, 1.82) is 0 Å². The van der Waals surface area contributed by atoms with E-state index in [1.54, 1.807) is 0 Å². The van der Waals surface area contributed by atoms with Gasteiger partial charge < -0.3 is 33.8 Å². The first-order valence-corrected chi connectivity index (χ1v) is 44.1. The maximum absolute atomic E-state index is 13.1. The third-order valence-electron chi connectivity index (χ3n) is 16.8. The summed E-state index contributed by atoms with van der Waals surface area (Å²) in [6.07, 6.45) is 89.9. The summed E-state index contributed by atoms with van der Waals surface area (Å²) in [5.74, 6) is -2.38. The second kappa shape index (κ2) is 78.1. The number of hydrogen-bond acceptors (Lipinski definition) is 15. The maximum atomic E-state index is 13.1. The topological polar surface area (TPSA) is 237 Å². The maximum Gasteiger partial charge on any atom is 0.472 e. The van der Waals surface area contributed by atoms with Crippen molar-refractivity contribution in [2.24, 2.45) is 0 Å². The van der Waals surface area contributed by atoms with Gasteiger partial charge in [0, 0.05) is 25.7 Å². The van der Waals surface area contributed by atoms with E-state index in [4.69, 9.17) is 37.0 Å². The molecule has 3 N–H and O–H groups in total. The molecule has 0 bridgehead atoms. The van der Waals surface area contributed by atoms with Gasteiger partial charge in [0.1, 0.15) is 19.3 Å². The van der Waals surface area contributed by atoms with Gasteiger partial charge >= 0.3 is 39.5 Å². The fourth-order valence-electron chi connectivity index (χ4n) is 10.5. The van der Waals surface area contributed by atoms with Crippen molar-refractivity contribution in [1.82, 2.24) is 0 Å². The summed E-state index contributed by atoms with van der Waals surface area (Å²) in [5.41, 5.74) is 0. The van der Waals surface area contributed by atoms with Gasteiger partial charge in [-0.3, -0.25) is 37.3 Å². The molecule has 0 heterocycles. The van der Waals surface area contributed by atoms with Crippen LogP contribution in [0.25, 0.3) is 0 Å². The highest BCUT2D eigenvalue weighted by Gasteiger charge is 2.30. The molecule has 0 aliphatic carbocycles. The molecular formula is C87H146O17P2. The van der Waals surface area contributed by atoms with Crippen LogP contribution < -0.4 is 0 Å². The van der Waals surface area contributed by atoms with E-state index in [9.17, 15) is 43.2 Å². The van der Waals surface area contributed by atoms with Crippen molar-refractivity contribution < 1.29 is 80.2 Å². The lowest BCUT2D eigenvalue weighted by Crippen LogP contribution is -2.30. The Kier molecular flexibility index (Phi) is 74.3. The predicted molar refractivity (Wildman–Crippen MR) is 436 cm³/mol. The Morgan fingerprint density at radius 2 is 0.481 bits per heavy atom. The first-order valence-electron chi connectivity index (χ1n) is 41.1. The third kappa shape index (κ3) is 77.1. The van der Waals surface area contributed by atoms with Crippen molar-refractivity contribution in [3.05, 3.63) is 146 Å². The van der Waals surface area contributed by atoms with E-state index in [1.165, 1.54) is 109 Å². The Morgan fingerprint density at radius 3 is 0.764 bits per heavy atom. The molecule has 19 heteroatoms. The summed E-state index contributed by atoms with van der Waals surface area (Å²) in [4.78, 5) is 73.0. The number of phosphoric ester groups is 2. The number of carbonyl (C=O) groups excluding carboxylic acids is 4. The molecule has 2 unspecified atom stereocenters. The quantitative estimate of drug-likeness (QED) is 0.0169. The minimum Gasteiger partial charge on any atom is -0.462 e. The molecule has 0 spiro atoms.